The third-order valence-corrected chi connectivity index (χ3v) is 3.48. The Bertz CT molecular complexity index is 721. The summed E-state index contributed by atoms with van der Waals surface area (Å²) in [6.45, 7) is 5.42. The maximum absolute atomic E-state index is 12.1. The van der Waals surface area contributed by atoms with Crippen molar-refractivity contribution in [3.05, 3.63) is 24.1 Å². The zero-order valence-electron chi connectivity index (χ0n) is 14.5. The van der Waals surface area contributed by atoms with Crippen molar-refractivity contribution in [3.63, 3.8) is 0 Å². The third kappa shape index (κ3) is 4.81. The fraction of sp³-hybridized carbons (Fsp3) is 0.500. The zero-order chi connectivity index (χ0) is 18.4. The molecule has 2 aromatic heterocycles. The lowest BCUT2D eigenvalue weighted by molar-refractivity contribution is -0.301. The Morgan fingerprint density at radius 3 is 2.80 bits per heavy atom. The SMILES string of the molecule is CCOOCc1cc2occc2n1COC(=O)C(C)NC(=O)C(C)N. The number of furan rings is 1. The van der Waals surface area contributed by atoms with Crippen LogP contribution in [0.1, 0.15) is 26.5 Å². The highest BCUT2D eigenvalue weighted by molar-refractivity contribution is 5.86. The van der Waals surface area contributed by atoms with Crippen LogP contribution in [-0.4, -0.2) is 35.1 Å². The molecule has 0 spiro atoms. The van der Waals surface area contributed by atoms with E-state index in [1.807, 2.05) is 6.92 Å². The molecular formula is C16H23N3O6. The molecule has 2 aromatic rings. The minimum absolute atomic E-state index is 0.0505. The highest BCUT2D eigenvalue weighted by Crippen LogP contribution is 2.22. The molecular weight excluding hydrogens is 330 g/mol. The Hall–Kier alpha value is -2.36. The molecule has 0 aliphatic carbocycles. The first-order valence-electron chi connectivity index (χ1n) is 7.96. The number of nitrogens with two attached hydrogens (primary N) is 1. The Morgan fingerprint density at radius 2 is 2.12 bits per heavy atom. The Kier molecular flexibility index (Phi) is 6.57. The summed E-state index contributed by atoms with van der Waals surface area (Å²) in [5.74, 6) is -0.996. The Labute approximate surface area is 144 Å². The summed E-state index contributed by atoms with van der Waals surface area (Å²) < 4.78 is 12.4. The van der Waals surface area contributed by atoms with E-state index in [1.54, 1.807) is 23.0 Å². The summed E-state index contributed by atoms with van der Waals surface area (Å²) in [6, 6.07) is 2.03. The molecule has 0 aliphatic heterocycles. The summed E-state index contributed by atoms with van der Waals surface area (Å²) in [4.78, 5) is 33.6. The minimum atomic E-state index is -0.808. The molecule has 2 atom stereocenters. The van der Waals surface area contributed by atoms with E-state index < -0.39 is 24.0 Å². The second-order valence-corrected chi connectivity index (χ2v) is 5.51. The molecule has 2 heterocycles. The van der Waals surface area contributed by atoms with Gasteiger partial charge in [-0.25, -0.2) is 14.6 Å². The number of nitrogens with zero attached hydrogens (tertiary/aromatic N) is 1. The number of carbonyl (C=O) groups excluding carboxylic acids is 2. The van der Waals surface area contributed by atoms with E-state index in [9.17, 15) is 9.59 Å². The third-order valence-electron chi connectivity index (χ3n) is 3.48. The smallest absolute Gasteiger partial charge is 0.330 e. The van der Waals surface area contributed by atoms with E-state index in [4.69, 9.17) is 24.7 Å². The number of nitrogens with one attached hydrogen (secondary N) is 1. The molecule has 3 N–H and O–H groups in total. The summed E-state index contributed by atoms with van der Waals surface area (Å²) in [6.07, 6.45) is 1.54. The Morgan fingerprint density at radius 1 is 1.36 bits per heavy atom. The number of hydrogen-bond acceptors (Lipinski definition) is 7. The van der Waals surface area contributed by atoms with Crippen LogP contribution in [0.2, 0.25) is 0 Å². The van der Waals surface area contributed by atoms with Crippen molar-refractivity contribution in [2.75, 3.05) is 6.61 Å². The van der Waals surface area contributed by atoms with Crippen LogP contribution in [0.5, 0.6) is 0 Å². The van der Waals surface area contributed by atoms with E-state index >= 15 is 0 Å². The van der Waals surface area contributed by atoms with Gasteiger partial charge < -0.3 is 24.8 Å². The predicted molar refractivity (Wildman–Crippen MR) is 88.0 cm³/mol. The van der Waals surface area contributed by atoms with Crippen LogP contribution >= 0.6 is 0 Å². The molecule has 2 unspecified atom stereocenters. The van der Waals surface area contributed by atoms with E-state index in [1.165, 1.54) is 13.8 Å². The Balaban J connectivity index is 2.01. The van der Waals surface area contributed by atoms with Crippen molar-refractivity contribution in [1.82, 2.24) is 9.88 Å². The number of aromatic nitrogens is 1. The first-order chi connectivity index (χ1) is 11.9. The van der Waals surface area contributed by atoms with Gasteiger partial charge in [0.05, 0.1) is 30.1 Å². The van der Waals surface area contributed by atoms with Crippen molar-refractivity contribution < 1.29 is 28.5 Å². The van der Waals surface area contributed by atoms with Gasteiger partial charge in [-0.3, -0.25) is 4.79 Å². The molecule has 0 saturated heterocycles. The highest BCUT2D eigenvalue weighted by Gasteiger charge is 2.20. The minimum Gasteiger partial charge on any atom is -0.463 e. The average Bonchev–Trinajstić information content (AvgIpc) is 3.14. The summed E-state index contributed by atoms with van der Waals surface area (Å²) in [5.41, 5.74) is 7.59. The van der Waals surface area contributed by atoms with Gasteiger partial charge in [0.1, 0.15) is 12.6 Å². The van der Waals surface area contributed by atoms with Crippen LogP contribution in [0.25, 0.3) is 11.1 Å². The van der Waals surface area contributed by atoms with Gasteiger partial charge in [0, 0.05) is 12.1 Å². The number of rotatable bonds is 9. The van der Waals surface area contributed by atoms with E-state index in [-0.39, 0.29) is 13.3 Å². The monoisotopic (exact) mass is 353 g/mol. The van der Waals surface area contributed by atoms with E-state index in [2.05, 4.69) is 5.32 Å². The highest BCUT2D eigenvalue weighted by atomic mass is 17.2. The lowest BCUT2D eigenvalue weighted by Crippen LogP contribution is -2.46. The van der Waals surface area contributed by atoms with Crippen LogP contribution < -0.4 is 11.1 Å². The van der Waals surface area contributed by atoms with Gasteiger partial charge >= 0.3 is 5.97 Å². The molecule has 0 bridgehead atoms. The molecule has 0 saturated carbocycles. The molecule has 1 amide bonds. The lowest BCUT2D eigenvalue weighted by Gasteiger charge is -2.16. The van der Waals surface area contributed by atoms with Crippen LogP contribution in [0.4, 0.5) is 0 Å². The summed E-state index contributed by atoms with van der Waals surface area (Å²) in [5, 5.41) is 2.49. The van der Waals surface area contributed by atoms with Gasteiger partial charge in [0.25, 0.3) is 0 Å². The fourth-order valence-corrected chi connectivity index (χ4v) is 2.14. The number of amides is 1. The van der Waals surface area contributed by atoms with Crippen LogP contribution in [0, 0.1) is 0 Å². The normalized spacial score (nSPS) is 13.6. The first kappa shape index (κ1) is 19.0. The molecule has 0 radical (unpaired) electrons. The zero-order valence-corrected chi connectivity index (χ0v) is 14.5. The molecule has 25 heavy (non-hydrogen) atoms. The van der Waals surface area contributed by atoms with Gasteiger partial charge in [-0.2, -0.15) is 0 Å². The van der Waals surface area contributed by atoms with Crippen molar-refractivity contribution in [3.8, 4) is 0 Å². The maximum Gasteiger partial charge on any atom is 0.330 e. The van der Waals surface area contributed by atoms with Gasteiger partial charge in [-0.05, 0) is 20.8 Å². The van der Waals surface area contributed by atoms with Gasteiger partial charge in [-0.1, -0.05) is 0 Å². The van der Waals surface area contributed by atoms with Crippen molar-refractivity contribution in [1.29, 1.82) is 0 Å². The van der Waals surface area contributed by atoms with Crippen molar-refractivity contribution in [2.45, 2.75) is 46.2 Å². The molecule has 138 valence electrons. The average molecular weight is 353 g/mol. The summed E-state index contributed by atoms with van der Waals surface area (Å²) >= 11 is 0. The number of fused-ring (bicyclic) bond motifs is 1. The number of esters is 1. The number of ether oxygens (including phenoxy) is 1. The molecule has 0 aromatic carbocycles. The number of hydrogen-bond donors (Lipinski definition) is 2. The number of carbonyl (C=O) groups is 2. The van der Waals surface area contributed by atoms with Gasteiger partial charge in [0.2, 0.25) is 5.91 Å². The standard InChI is InChI=1S/C16H23N3O6/c1-4-24-25-8-12-7-14-13(5-6-22-14)19(12)9-23-16(21)11(3)18-15(20)10(2)17/h5-7,10-11H,4,8-9,17H2,1-3H3,(H,18,20). The van der Waals surface area contributed by atoms with Gasteiger partial charge in [0.15, 0.2) is 12.3 Å². The maximum atomic E-state index is 12.1. The van der Waals surface area contributed by atoms with E-state index in [0.29, 0.717) is 12.2 Å². The topological polar surface area (TPSA) is 118 Å². The van der Waals surface area contributed by atoms with Gasteiger partial charge in [-0.15, -0.1) is 0 Å². The first-order valence-corrected chi connectivity index (χ1v) is 7.96. The van der Waals surface area contributed by atoms with Crippen LogP contribution in [-0.2, 0) is 37.4 Å². The molecule has 0 aliphatic rings. The van der Waals surface area contributed by atoms with Crippen LogP contribution in [0.15, 0.2) is 22.8 Å². The fourth-order valence-electron chi connectivity index (χ4n) is 2.14. The molecule has 9 heteroatoms. The van der Waals surface area contributed by atoms with Crippen LogP contribution in [0.3, 0.4) is 0 Å². The van der Waals surface area contributed by atoms with Crippen molar-refractivity contribution in [2.24, 2.45) is 5.73 Å². The van der Waals surface area contributed by atoms with Crippen molar-refractivity contribution >= 4 is 23.0 Å². The quantitative estimate of drug-likeness (QED) is 0.299. The lowest BCUT2D eigenvalue weighted by atomic mass is 10.3. The summed E-state index contributed by atoms with van der Waals surface area (Å²) in [7, 11) is 0. The second-order valence-electron chi connectivity index (χ2n) is 5.51. The van der Waals surface area contributed by atoms with E-state index in [0.717, 1.165) is 11.2 Å². The molecule has 0 fully saturated rings. The largest absolute Gasteiger partial charge is 0.463 e. The molecule has 9 nitrogen and oxygen atoms in total. The predicted octanol–water partition coefficient (Wildman–Crippen LogP) is 1.05. The molecule has 2 rings (SSSR count). The second kappa shape index (κ2) is 8.65.